The van der Waals surface area contributed by atoms with Crippen LogP contribution in [0.5, 0.6) is 0 Å². The number of benzene rings is 1. The second-order valence-corrected chi connectivity index (χ2v) is 5.13. The summed E-state index contributed by atoms with van der Waals surface area (Å²) in [7, 11) is 1.90. The average molecular weight is 290 g/mol. The molecule has 0 atom stereocenters. The molecule has 0 aliphatic heterocycles. The summed E-state index contributed by atoms with van der Waals surface area (Å²) < 4.78 is 3.82. The zero-order valence-electron chi connectivity index (χ0n) is 12.8. The van der Waals surface area contributed by atoms with E-state index in [2.05, 4.69) is 21.9 Å². The molecule has 0 saturated carbocycles. The van der Waals surface area contributed by atoms with E-state index in [4.69, 9.17) is 6.57 Å². The first-order valence-corrected chi connectivity index (χ1v) is 6.96. The predicted octanol–water partition coefficient (Wildman–Crippen LogP) is 2.93. The van der Waals surface area contributed by atoms with E-state index in [1.807, 2.05) is 53.7 Å². The van der Waals surface area contributed by atoms with Gasteiger partial charge < -0.3 is 0 Å². The quantitative estimate of drug-likeness (QED) is 0.537. The van der Waals surface area contributed by atoms with E-state index in [9.17, 15) is 0 Å². The monoisotopic (exact) mass is 290 g/mol. The Hall–Kier alpha value is -3.00. The molecule has 1 aromatic carbocycles. The minimum Gasteiger partial charge on any atom is -0.268 e. The van der Waals surface area contributed by atoms with Gasteiger partial charge in [-0.15, -0.1) is 0 Å². The lowest BCUT2D eigenvalue weighted by Gasteiger charge is -2.12. The minimum absolute atomic E-state index is 0.604. The van der Waals surface area contributed by atoms with Crippen LogP contribution in [0.1, 0.15) is 11.4 Å². The summed E-state index contributed by atoms with van der Waals surface area (Å²) in [6.07, 6.45) is 5.49. The number of hydrogen-bond donors (Lipinski definition) is 0. The maximum absolute atomic E-state index is 7.38. The summed E-state index contributed by atoms with van der Waals surface area (Å²) >= 11 is 0. The molecule has 22 heavy (non-hydrogen) atoms. The summed E-state index contributed by atoms with van der Waals surface area (Å²) in [6.45, 7) is 11.4. The Morgan fingerprint density at radius 1 is 1.23 bits per heavy atom. The van der Waals surface area contributed by atoms with Crippen LogP contribution >= 0.6 is 0 Å². The fourth-order valence-corrected chi connectivity index (χ4v) is 2.60. The van der Waals surface area contributed by atoms with Crippen LogP contribution in [0, 0.1) is 20.4 Å². The van der Waals surface area contributed by atoms with Crippen molar-refractivity contribution in [1.29, 1.82) is 0 Å². The molecular weight excluding hydrogens is 274 g/mol. The molecule has 3 aromatic rings. The SMILES string of the molecule is [C-]#[N+]c1cc(-c2ccnn2C)c(C)c(-[n+]2cccnc2C)c1. The second-order valence-electron chi connectivity index (χ2n) is 5.13. The van der Waals surface area contributed by atoms with Crippen molar-refractivity contribution in [2.45, 2.75) is 13.8 Å². The third kappa shape index (κ3) is 2.25. The summed E-state index contributed by atoms with van der Waals surface area (Å²) in [6, 6.07) is 7.66. The van der Waals surface area contributed by atoms with E-state index >= 15 is 0 Å². The van der Waals surface area contributed by atoms with Gasteiger partial charge in [-0.25, -0.2) is 9.41 Å². The Labute approximate surface area is 129 Å². The first-order chi connectivity index (χ1) is 10.6. The molecule has 2 heterocycles. The summed E-state index contributed by atoms with van der Waals surface area (Å²) in [5.74, 6) is 0.878. The highest BCUT2D eigenvalue weighted by molar-refractivity contribution is 5.73. The summed E-state index contributed by atoms with van der Waals surface area (Å²) in [5, 5.41) is 4.23. The van der Waals surface area contributed by atoms with Crippen molar-refractivity contribution in [2.75, 3.05) is 0 Å². The molecule has 108 valence electrons. The normalized spacial score (nSPS) is 10.5. The van der Waals surface area contributed by atoms with E-state index in [0.717, 1.165) is 28.3 Å². The molecule has 0 saturated heterocycles. The van der Waals surface area contributed by atoms with Gasteiger partial charge in [0.25, 0.3) is 5.82 Å². The molecule has 0 N–H and O–H groups in total. The van der Waals surface area contributed by atoms with E-state index < -0.39 is 0 Å². The third-order valence-electron chi connectivity index (χ3n) is 3.78. The fourth-order valence-electron chi connectivity index (χ4n) is 2.60. The number of aromatic nitrogens is 4. The predicted molar refractivity (Wildman–Crippen MR) is 83.7 cm³/mol. The van der Waals surface area contributed by atoms with E-state index in [0.29, 0.717) is 5.69 Å². The topological polar surface area (TPSA) is 39.0 Å². The molecule has 5 nitrogen and oxygen atoms in total. The van der Waals surface area contributed by atoms with Gasteiger partial charge >= 0.3 is 0 Å². The minimum atomic E-state index is 0.604. The van der Waals surface area contributed by atoms with Gasteiger partial charge in [0.05, 0.1) is 12.3 Å². The number of hydrogen-bond acceptors (Lipinski definition) is 2. The Bertz CT molecular complexity index is 886. The molecule has 0 aliphatic carbocycles. The zero-order valence-corrected chi connectivity index (χ0v) is 12.8. The first kappa shape index (κ1) is 14.0. The van der Waals surface area contributed by atoms with Crippen LogP contribution in [-0.2, 0) is 7.05 Å². The molecule has 0 bridgehead atoms. The first-order valence-electron chi connectivity index (χ1n) is 6.96. The number of nitrogens with zero attached hydrogens (tertiary/aromatic N) is 5. The highest BCUT2D eigenvalue weighted by atomic mass is 15.3. The fraction of sp³-hybridized carbons (Fsp3) is 0.176. The Morgan fingerprint density at radius 2 is 2.05 bits per heavy atom. The maximum Gasteiger partial charge on any atom is 0.300 e. The van der Waals surface area contributed by atoms with Crippen molar-refractivity contribution >= 4 is 5.69 Å². The molecule has 0 radical (unpaired) electrons. The zero-order chi connectivity index (χ0) is 15.7. The van der Waals surface area contributed by atoms with Gasteiger partial charge in [-0.2, -0.15) is 5.10 Å². The number of aryl methyl sites for hydroxylation is 2. The smallest absolute Gasteiger partial charge is 0.268 e. The van der Waals surface area contributed by atoms with E-state index in [1.54, 1.807) is 12.4 Å². The van der Waals surface area contributed by atoms with Crippen LogP contribution < -0.4 is 4.57 Å². The van der Waals surface area contributed by atoms with Gasteiger partial charge in [0, 0.05) is 31.8 Å². The third-order valence-corrected chi connectivity index (χ3v) is 3.78. The van der Waals surface area contributed by atoms with Crippen molar-refractivity contribution in [3.63, 3.8) is 0 Å². The maximum atomic E-state index is 7.38. The van der Waals surface area contributed by atoms with Crippen molar-refractivity contribution in [3.8, 4) is 16.9 Å². The summed E-state index contributed by atoms with van der Waals surface area (Å²) in [4.78, 5) is 7.94. The molecule has 0 unspecified atom stereocenters. The molecule has 0 spiro atoms. The molecule has 0 aliphatic rings. The van der Waals surface area contributed by atoms with Crippen molar-refractivity contribution in [2.24, 2.45) is 7.05 Å². The molecule has 5 heteroatoms. The summed E-state index contributed by atoms with van der Waals surface area (Å²) in [5.41, 5.74) is 4.67. The Morgan fingerprint density at radius 3 is 2.68 bits per heavy atom. The molecule has 0 fully saturated rings. The van der Waals surface area contributed by atoms with Crippen LogP contribution in [0.4, 0.5) is 5.69 Å². The molecular formula is C17H16N5+. The van der Waals surface area contributed by atoms with Crippen LogP contribution in [0.2, 0.25) is 0 Å². The number of rotatable bonds is 2. The van der Waals surface area contributed by atoms with Gasteiger partial charge in [0.2, 0.25) is 0 Å². The van der Waals surface area contributed by atoms with Gasteiger partial charge in [-0.1, -0.05) is 4.98 Å². The van der Waals surface area contributed by atoms with Crippen LogP contribution in [-0.4, -0.2) is 14.8 Å². The van der Waals surface area contributed by atoms with Crippen molar-refractivity contribution in [1.82, 2.24) is 14.8 Å². The standard InChI is InChI=1S/C17H16N5/c1-12-15(16-6-8-20-21(16)4)10-14(18-3)11-17(12)22-9-5-7-19-13(22)2/h5-11H,1-2,4H3/q+1. The lowest BCUT2D eigenvalue weighted by Crippen LogP contribution is -2.35. The second kappa shape index (κ2) is 5.41. The van der Waals surface area contributed by atoms with Crippen LogP contribution in [0.25, 0.3) is 21.8 Å². The molecule has 2 aromatic heterocycles. The van der Waals surface area contributed by atoms with Crippen molar-refractivity contribution in [3.05, 3.63) is 65.7 Å². The van der Waals surface area contributed by atoms with Gasteiger partial charge in [0.1, 0.15) is 18.1 Å². The lowest BCUT2D eigenvalue weighted by atomic mass is 10.0. The Kier molecular flexibility index (Phi) is 3.43. The molecule has 0 amide bonds. The van der Waals surface area contributed by atoms with Gasteiger partial charge in [-0.3, -0.25) is 4.68 Å². The molecule has 3 rings (SSSR count). The highest BCUT2D eigenvalue weighted by Crippen LogP contribution is 2.30. The largest absolute Gasteiger partial charge is 0.300 e. The highest BCUT2D eigenvalue weighted by Gasteiger charge is 2.17. The van der Waals surface area contributed by atoms with Crippen LogP contribution in [0.15, 0.2) is 42.9 Å². The van der Waals surface area contributed by atoms with E-state index in [-0.39, 0.29) is 0 Å². The average Bonchev–Trinajstić information content (AvgIpc) is 2.94. The lowest BCUT2D eigenvalue weighted by molar-refractivity contribution is -0.606. The van der Waals surface area contributed by atoms with E-state index in [1.165, 1.54) is 0 Å². The van der Waals surface area contributed by atoms with Gasteiger partial charge in [-0.05, 0) is 30.7 Å². The Balaban J connectivity index is 2.31. The van der Waals surface area contributed by atoms with Crippen LogP contribution in [0.3, 0.4) is 0 Å². The van der Waals surface area contributed by atoms with Gasteiger partial charge in [0.15, 0.2) is 5.69 Å². The van der Waals surface area contributed by atoms with Crippen molar-refractivity contribution < 1.29 is 4.57 Å².